The smallest absolute Gasteiger partial charge is 0.276 e. The summed E-state index contributed by atoms with van der Waals surface area (Å²) in [7, 11) is 0. The first-order chi connectivity index (χ1) is 8.13. The van der Waals surface area contributed by atoms with Gasteiger partial charge in [0, 0.05) is 19.7 Å². The Morgan fingerprint density at radius 1 is 1.59 bits per heavy atom. The van der Waals surface area contributed by atoms with Gasteiger partial charge in [-0.3, -0.25) is 9.89 Å². The largest absolute Gasteiger partial charge is 0.396 e. The molecule has 1 amide bonds. The Morgan fingerprint density at radius 2 is 2.24 bits per heavy atom. The van der Waals surface area contributed by atoms with E-state index in [1.54, 1.807) is 11.8 Å². The predicted molar refractivity (Wildman–Crippen MR) is 63.5 cm³/mol. The molecule has 0 radical (unpaired) electrons. The number of carbonyl (C=O) groups is 1. The van der Waals surface area contributed by atoms with Crippen LogP contribution in [-0.4, -0.2) is 45.8 Å². The second-order valence-corrected chi connectivity index (χ2v) is 4.53. The van der Waals surface area contributed by atoms with Gasteiger partial charge in [-0.15, -0.1) is 0 Å². The molecule has 4 N–H and O–H groups in total. The van der Waals surface area contributed by atoms with E-state index >= 15 is 0 Å². The summed E-state index contributed by atoms with van der Waals surface area (Å²) >= 11 is 0. The van der Waals surface area contributed by atoms with Crippen LogP contribution in [0.25, 0.3) is 0 Å². The zero-order valence-electron chi connectivity index (χ0n) is 9.94. The normalized spacial score (nSPS) is 17.4. The summed E-state index contributed by atoms with van der Waals surface area (Å²) in [5.41, 5.74) is 7.24. The van der Waals surface area contributed by atoms with Crippen molar-refractivity contribution in [2.75, 3.05) is 25.4 Å². The van der Waals surface area contributed by atoms with Gasteiger partial charge in [-0.1, -0.05) is 0 Å². The number of aliphatic hydroxyl groups is 1. The molecule has 2 rings (SSSR count). The molecule has 0 spiro atoms. The molecule has 1 saturated heterocycles. The molecule has 0 bridgehead atoms. The quantitative estimate of drug-likeness (QED) is 0.683. The van der Waals surface area contributed by atoms with E-state index in [-0.39, 0.29) is 12.5 Å². The minimum atomic E-state index is -0.122. The third-order valence-electron chi connectivity index (χ3n) is 3.36. The highest BCUT2D eigenvalue weighted by Crippen LogP contribution is 2.20. The highest BCUT2D eigenvalue weighted by Gasteiger charge is 2.26. The number of nitrogens with zero attached hydrogens (tertiary/aromatic N) is 2. The van der Waals surface area contributed by atoms with Crippen LogP contribution in [0.1, 0.15) is 29.0 Å². The van der Waals surface area contributed by atoms with E-state index in [4.69, 9.17) is 10.8 Å². The lowest BCUT2D eigenvalue weighted by atomic mass is 9.97. The van der Waals surface area contributed by atoms with E-state index in [0.29, 0.717) is 30.4 Å². The minimum Gasteiger partial charge on any atom is -0.396 e. The fourth-order valence-corrected chi connectivity index (χ4v) is 2.07. The van der Waals surface area contributed by atoms with Gasteiger partial charge >= 0.3 is 0 Å². The Labute approximate surface area is 99.8 Å². The molecule has 1 aromatic rings. The Kier molecular flexibility index (Phi) is 3.33. The fraction of sp³-hybridized carbons (Fsp3) is 0.636. The van der Waals surface area contributed by atoms with Gasteiger partial charge in [0.2, 0.25) is 0 Å². The highest BCUT2D eigenvalue weighted by molar-refractivity contribution is 5.97. The van der Waals surface area contributed by atoms with Crippen molar-refractivity contribution >= 4 is 11.6 Å². The van der Waals surface area contributed by atoms with Crippen molar-refractivity contribution < 1.29 is 9.90 Å². The van der Waals surface area contributed by atoms with Gasteiger partial charge < -0.3 is 15.7 Å². The zero-order valence-corrected chi connectivity index (χ0v) is 9.94. The number of aryl methyl sites for hydroxylation is 1. The second-order valence-electron chi connectivity index (χ2n) is 4.53. The number of aliphatic hydroxyl groups excluding tert-OH is 1. The van der Waals surface area contributed by atoms with Crippen molar-refractivity contribution in [3.8, 4) is 0 Å². The molecule has 0 unspecified atom stereocenters. The molecule has 6 heteroatoms. The van der Waals surface area contributed by atoms with Crippen molar-refractivity contribution in [3.05, 3.63) is 11.4 Å². The van der Waals surface area contributed by atoms with Crippen molar-refractivity contribution in [1.82, 2.24) is 15.1 Å². The van der Waals surface area contributed by atoms with Crippen molar-refractivity contribution in [3.63, 3.8) is 0 Å². The molecule has 1 aliphatic heterocycles. The van der Waals surface area contributed by atoms with Crippen LogP contribution in [0.2, 0.25) is 0 Å². The number of H-pyrrole nitrogens is 1. The van der Waals surface area contributed by atoms with E-state index in [2.05, 4.69) is 10.2 Å². The first-order valence-electron chi connectivity index (χ1n) is 5.84. The monoisotopic (exact) mass is 238 g/mol. The summed E-state index contributed by atoms with van der Waals surface area (Å²) in [4.78, 5) is 13.9. The summed E-state index contributed by atoms with van der Waals surface area (Å²) in [6.07, 6.45) is 1.68. The summed E-state index contributed by atoms with van der Waals surface area (Å²) in [6.45, 7) is 3.31. The number of amides is 1. The van der Waals surface area contributed by atoms with Gasteiger partial charge in [-0.05, 0) is 25.7 Å². The average molecular weight is 238 g/mol. The topological polar surface area (TPSA) is 95.2 Å². The number of hydrogen-bond donors (Lipinski definition) is 3. The van der Waals surface area contributed by atoms with Gasteiger partial charge in [0.05, 0.1) is 11.4 Å². The van der Waals surface area contributed by atoms with Gasteiger partial charge in [0.25, 0.3) is 5.91 Å². The van der Waals surface area contributed by atoms with Crippen LogP contribution in [-0.2, 0) is 0 Å². The average Bonchev–Trinajstić information content (AvgIpc) is 2.69. The Balaban J connectivity index is 2.04. The lowest BCUT2D eigenvalue weighted by Gasteiger charge is -2.30. The summed E-state index contributed by atoms with van der Waals surface area (Å²) in [5, 5.41) is 15.7. The number of nitrogens with one attached hydrogen (secondary N) is 1. The SMILES string of the molecule is Cc1[nH]nc(C(=O)N2CCC(CO)CC2)c1N. The van der Waals surface area contributed by atoms with Crippen LogP contribution in [0, 0.1) is 12.8 Å². The number of nitrogens with two attached hydrogens (primary N) is 1. The Morgan fingerprint density at radius 3 is 2.71 bits per heavy atom. The van der Waals surface area contributed by atoms with Crippen molar-refractivity contribution in [1.29, 1.82) is 0 Å². The first-order valence-corrected chi connectivity index (χ1v) is 5.84. The molecule has 6 nitrogen and oxygen atoms in total. The van der Waals surface area contributed by atoms with Gasteiger partial charge in [-0.25, -0.2) is 0 Å². The lowest BCUT2D eigenvalue weighted by Crippen LogP contribution is -2.39. The summed E-state index contributed by atoms with van der Waals surface area (Å²) in [5.74, 6) is 0.195. The molecule has 1 aromatic heterocycles. The van der Waals surface area contributed by atoms with Crippen molar-refractivity contribution in [2.45, 2.75) is 19.8 Å². The van der Waals surface area contributed by atoms with Crippen LogP contribution >= 0.6 is 0 Å². The molecule has 0 saturated carbocycles. The molecule has 0 aromatic carbocycles. The van der Waals surface area contributed by atoms with Crippen LogP contribution in [0.5, 0.6) is 0 Å². The number of rotatable bonds is 2. The predicted octanol–water partition coefficient (Wildman–Crippen LogP) is 0.145. The zero-order chi connectivity index (χ0) is 12.4. The summed E-state index contributed by atoms with van der Waals surface area (Å²) in [6, 6.07) is 0. The van der Waals surface area contributed by atoms with Gasteiger partial charge in [0.1, 0.15) is 0 Å². The van der Waals surface area contributed by atoms with Crippen LogP contribution in [0.3, 0.4) is 0 Å². The molecular formula is C11H18N4O2. The maximum atomic E-state index is 12.1. The third kappa shape index (κ3) is 2.26. The van der Waals surface area contributed by atoms with E-state index in [1.165, 1.54) is 0 Å². The van der Waals surface area contributed by atoms with Gasteiger partial charge in [0.15, 0.2) is 5.69 Å². The molecule has 2 heterocycles. The molecule has 17 heavy (non-hydrogen) atoms. The van der Waals surface area contributed by atoms with Crippen LogP contribution in [0.4, 0.5) is 5.69 Å². The maximum Gasteiger partial charge on any atom is 0.276 e. The Hall–Kier alpha value is -1.56. The number of hydrogen-bond acceptors (Lipinski definition) is 4. The fourth-order valence-electron chi connectivity index (χ4n) is 2.07. The number of carbonyl (C=O) groups excluding carboxylic acids is 1. The molecule has 1 fully saturated rings. The van der Waals surface area contributed by atoms with Crippen LogP contribution < -0.4 is 5.73 Å². The molecule has 0 atom stereocenters. The number of likely N-dealkylation sites (tertiary alicyclic amines) is 1. The Bertz CT molecular complexity index is 408. The number of anilines is 1. The minimum absolute atomic E-state index is 0.122. The van der Waals surface area contributed by atoms with Crippen molar-refractivity contribution in [2.24, 2.45) is 5.92 Å². The number of aromatic amines is 1. The van der Waals surface area contributed by atoms with E-state index in [9.17, 15) is 4.79 Å². The lowest BCUT2D eigenvalue weighted by molar-refractivity contribution is 0.0646. The molecule has 1 aliphatic rings. The summed E-state index contributed by atoms with van der Waals surface area (Å²) < 4.78 is 0. The van der Waals surface area contributed by atoms with E-state index in [0.717, 1.165) is 18.5 Å². The standard InChI is InChI=1S/C11H18N4O2/c1-7-9(12)10(14-13-7)11(17)15-4-2-8(6-16)3-5-15/h8,16H,2-6,12H2,1H3,(H,13,14). The second kappa shape index (κ2) is 4.75. The maximum absolute atomic E-state index is 12.1. The van der Waals surface area contributed by atoms with E-state index < -0.39 is 0 Å². The molecular weight excluding hydrogens is 220 g/mol. The number of piperidine rings is 1. The molecule has 0 aliphatic carbocycles. The van der Waals surface area contributed by atoms with Gasteiger partial charge in [-0.2, -0.15) is 5.10 Å². The first kappa shape index (κ1) is 11.9. The molecule has 94 valence electrons. The van der Waals surface area contributed by atoms with E-state index in [1.807, 2.05) is 0 Å². The number of nitrogen functional groups attached to an aromatic ring is 1. The number of aromatic nitrogens is 2. The third-order valence-corrected chi connectivity index (χ3v) is 3.36. The van der Waals surface area contributed by atoms with Crippen LogP contribution in [0.15, 0.2) is 0 Å². The highest BCUT2D eigenvalue weighted by atomic mass is 16.3.